The van der Waals surface area contributed by atoms with Crippen LogP contribution in [0.1, 0.15) is 37.3 Å². The minimum absolute atomic E-state index is 0.0500. The molecular formula is C19H24N2O3. The fourth-order valence-electron chi connectivity index (χ4n) is 3.48. The molecule has 1 unspecified atom stereocenters. The Morgan fingerprint density at radius 2 is 2.04 bits per heavy atom. The molecule has 0 radical (unpaired) electrons. The largest absolute Gasteiger partial charge is 0.423 e. The maximum absolute atomic E-state index is 12.7. The number of fused-ring (bicyclic) bond motifs is 1. The average Bonchev–Trinajstić information content (AvgIpc) is 2.55. The number of rotatable bonds is 3. The number of hydrogen-bond acceptors (Lipinski definition) is 4. The number of benzene rings is 1. The first kappa shape index (κ1) is 16.7. The molecule has 1 aliphatic rings. The predicted molar refractivity (Wildman–Crippen MR) is 95.5 cm³/mol. The van der Waals surface area contributed by atoms with E-state index in [1.807, 2.05) is 26.0 Å². The number of aryl methyl sites for hydroxylation is 2. The van der Waals surface area contributed by atoms with Gasteiger partial charge in [-0.1, -0.05) is 13.3 Å². The van der Waals surface area contributed by atoms with Crippen LogP contribution in [0, 0.1) is 13.8 Å². The molecule has 1 aromatic carbocycles. The van der Waals surface area contributed by atoms with Crippen LogP contribution in [0.25, 0.3) is 11.0 Å². The van der Waals surface area contributed by atoms with Crippen molar-refractivity contribution in [1.82, 2.24) is 4.90 Å². The third-order valence-corrected chi connectivity index (χ3v) is 4.88. The van der Waals surface area contributed by atoms with Crippen molar-refractivity contribution < 1.29 is 9.21 Å². The molecular weight excluding hydrogens is 304 g/mol. The van der Waals surface area contributed by atoms with Gasteiger partial charge in [0.15, 0.2) is 0 Å². The van der Waals surface area contributed by atoms with Crippen molar-refractivity contribution in [2.75, 3.05) is 18.4 Å². The van der Waals surface area contributed by atoms with E-state index in [0.29, 0.717) is 5.58 Å². The van der Waals surface area contributed by atoms with Crippen LogP contribution in [0.4, 0.5) is 5.69 Å². The van der Waals surface area contributed by atoms with Gasteiger partial charge < -0.3 is 9.73 Å². The first-order valence-corrected chi connectivity index (χ1v) is 8.59. The number of hydrogen-bond donors (Lipinski definition) is 1. The molecule has 1 fully saturated rings. The SMILES string of the molecule is CCN1CCCCC1C(=O)Nc1cc2c(C)cc(=O)oc2cc1C. The molecule has 5 nitrogen and oxygen atoms in total. The molecule has 0 spiro atoms. The van der Waals surface area contributed by atoms with Crippen molar-refractivity contribution in [2.24, 2.45) is 0 Å². The Morgan fingerprint density at radius 1 is 1.25 bits per heavy atom. The van der Waals surface area contributed by atoms with Crippen molar-refractivity contribution in [3.05, 3.63) is 39.7 Å². The number of likely N-dealkylation sites (N-methyl/N-ethyl adjacent to an activating group) is 1. The summed E-state index contributed by atoms with van der Waals surface area (Å²) in [6.07, 6.45) is 3.15. The standard InChI is InChI=1S/C19H24N2O3/c1-4-21-8-6-5-7-16(21)19(23)20-15-11-14-12(2)10-18(22)24-17(14)9-13(15)3/h9-11,16H,4-8H2,1-3H3,(H,20,23). The normalized spacial score (nSPS) is 18.7. The summed E-state index contributed by atoms with van der Waals surface area (Å²) in [4.78, 5) is 26.5. The first-order valence-electron chi connectivity index (χ1n) is 8.59. The van der Waals surface area contributed by atoms with Gasteiger partial charge in [-0.25, -0.2) is 4.79 Å². The molecule has 128 valence electrons. The monoisotopic (exact) mass is 328 g/mol. The van der Waals surface area contributed by atoms with Gasteiger partial charge in [0.25, 0.3) is 0 Å². The highest BCUT2D eigenvalue weighted by Crippen LogP contribution is 2.26. The van der Waals surface area contributed by atoms with E-state index < -0.39 is 0 Å². The highest BCUT2D eigenvalue weighted by Gasteiger charge is 2.27. The molecule has 1 saturated heterocycles. The summed E-state index contributed by atoms with van der Waals surface area (Å²) in [6.45, 7) is 7.75. The molecule has 5 heteroatoms. The van der Waals surface area contributed by atoms with Gasteiger partial charge in [-0.15, -0.1) is 0 Å². The lowest BCUT2D eigenvalue weighted by atomic mass is 10.0. The molecule has 1 atom stereocenters. The smallest absolute Gasteiger partial charge is 0.336 e. The predicted octanol–water partition coefficient (Wildman–Crippen LogP) is 3.22. The highest BCUT2D eigenvalue weighted by molar-refractivity contribution is 5.98. The molecule has 1 amide bonds. The average molecular weight is 328 g/mol. The zero-order chi connectivity index (χ0) is 17.3. The van der Waals surface area contributed by atoms with Crippen molar-refractivity contribution in [3.63, 3.8) is 0 Å². The second-order valence-electron chi connectivity index (χ2n) is 6.54. The Hall–Kier alpha value is -2.14. The number of carbonyl (C=O) groups is 1. The van der Waals surface area contributed by atoms with Gasteiger partial charge in [-0.2, -0.15) is 0 Å². The fourth-order valence-corrected chi connectivity index (χ4v) is 3.48. The third-order valence-electron chi connectivity index (χ3n) is 4.88. The summed E-state index contributed by atoms with van der Waals surface area (Å²) in [6, 6.07) is 5.13. The molecule has 24 heavy (non-hydrogen) atoms. The Kier molecular flexibility index (Phi) is 4.71. The Bertz CT molecular complexity index is 825. The Balaban J connectivity index is 1.90. The molecule has 1 aliphatic heterocycles. The summed E-state index contributed by atoms with van der Waals surface area (Å²) < 4.78 is 5.26. The van der Waals surface area contributed by atoms with Crippen LogP contribution in [0.2, 0.25) is 0 Å². The number of piperidine rings is 1. The van der Waals surface area contributed by atoms with Crippen LogP contribution in [-0.4, -0.2) is 29.9 Å². The van der Waals surface area contributed by atoms with Crippen LogP contribution in [0.5, 0.6) is 0 Å². The summed E-state index contributed by atoms with van der Waals surface area (Å²) in [5.41, 5.74) is 2.74. The van der Waals surface area contributed by atoms with Crippen molar-refractivity contribution >= 4 is 22.6 Å². The molecule has 0 saturated carbocycles. The summed E-state index contributed by atoms with van der Waals surface area (Å²) in [5.74, 6) is 0.0500. The van der Waals surface area contributed by atoms with Crippen LogP contribution in [-0.2, 0) is 4.79 Å². The van der Waals surface area contributed by atoms with Gasteiger partial charge in [0.05, 0.1) is 6.04 Å². The minimum Gasteiger partial charge on any atom is -0.423 e. The first-order chi connectivity index (χ1) is 11.5. The molecule has 1 aromatic heterocycles. The zero-order valence-corrected chi connectivity index (χ0v) is 14.5. The van der Waals surface area contributed by atoms with Crippen LogP contribution in [0.3, 0.4) is 0 Å². The van der Waals surface area contributed by atoms with E-state index in [4.69, 9.17) is 4.42 Å². The van der Waals surface area contributed by atoms with E-state index in [-0.39, 0.29) is 17.6 Å². The summed E-state index contributed by atoms with van der Waals surface area (Å²) in [5, 5.41) is 3.93. The number of anilines is 1. The second-order valence-corrected chi connectivity index (χ2v) is 6.54. The number of likely N-dealkylation sites (tertiary alicyclic amines) is 1. The van der Waals surface area contributed by atoms with E-state index in [2.05, 4.69) is 17.1 Å². The van der Waals surface area contributed by atoms with E-state index in [0.717, 1.165) is 54.6 Å². The number of nitrogens with one attached hydrogen (secondary N) is 1. The van der Waals surface area contributed by atoms with E-state index in [1.165, 1.54) is 6.07 Å². The van der Waals surface area contributed by atoms with Crippen LogP contribution in [0.15, 0.2) is 27.4 Å². The number of carbonyl (C=O) groups excluding carboxylic acids is 1. The molecule has 2 heterocycles. The van der Waals surface area contributed by atoms with Gasteiger partial charge in [0, 0.05) is 17.1 Å². The van der Waals surface area contributed by atoms with Gasteiger partial charge in [0.1, 0.15) is 5.58 Å². The van der Waals surface area contributed by atoms with Gasteiger partial charge in [-0.05, 0) is 63.0 Å². The second kappa shape index (κ2) is 6.77. The summed E-state index contributed by atoms with van der Waals surface area (Å²) in [7, 11) is 0. The molecule has 0 bridgehead atoms. The van der Waals surface area contributed by atoms with E-state index in [9.17, 15) is 9.59 Å². The van der Waals surface area contributed by atoms with Gasteiger partial charge >= 0.3 is 5.63 Å². The quantitative estimate of drug-likeness (QED) is 0.879. The Labute approximate surface area is 141 Å². The van der Waals surface area contributed by atoms with Crippen LogP contribution >= 0.6 is 0 Å². The maximum atomic E-state index is 12.7. The van der Waals surface area contributed by atoms with Crippen LogP contribution < -0.4 is 10.9 Å². The zero-order valence-electron chi connectivity index (χ0n) is 14.5. The van der Waals surface area contributed by atoms with E-state index in [1.54, 1.807) is 0 Å². The topological polar surface area (TPSA) is 62.6 Å². The lowest BCUT2D eigenvalue weighted by molar-refractivity contribution is -0.122. The van der Waals surface area contributed by atoms with Gasteiger partial charge in [-0.3, -0.25) is 9.69 Å². The minimum atomic E-state index is -0.350. The number of nitrogens with zero attached hydrogens (tertiary/aromatic N) is 1. The number of amides is 1. The Morgan fingerprint density at radius 3 is 2.79 bits per heavy atom. The highest BCUT2D eigenvalue weighted by atomic mass is 16.4. The van der Waals surface area contributed by atoms with Gasteiger partial charge in [0.2, 0.25) is 5.91 Å². The molecule has 3 rings (SSSR count). The molecule has 1 N–H and O–H groups in total. The summed E-state index contributed by atoms with van der Waals surface area (Å²) >= 11 is 0. The molecule has 0 aliphatic carbocycles. The molecule has 2 aromatic rings. The lowest BCUT2D eigenvalue weighted by Crippen LogP contribution is -2.46. The van der Waals surface area contributed by atoms with E-state index >= 15 is 0 Å². The fraction of sp³-hybridized carbons (Fsp3) is 0.474. The lowest BCUT2D eigenvalue weighted by Gasteiger charge is -2.33. The maximum Gasteiger partial charge on any atom is 0.336 e. The third kappa shape index (κ3) is 3.22. The van der Waals surface area contributed by atoms with Crippen molar-refractivity contribution in [3.8, 4) is 0 Å². The van der Waals surface area contributed by atoms with Crippen molar-refractivity contribution in [1.29, 1.82) is 0 Å². The van der Waals surface area contributed by atoms with Crippen molar-refractivity contribution in [2.45, 2.75) is 46.1 Å².